The minimum Gasteiger partial charge on any atom is -0.389 e. The molecule has 0 bridgehead atoms. The van der Waals surface area contributed by atoms with Gasteiger partial charge < -0.3 is 14.7 Å². The number of rotatable bonds is 6. The van der Waals surface area contributed by atoms with Crippen molar-refractivity contribution in [1.82, 2.24) is 4.90 Å². The summed E-state index contributed by atoms with van der Waals surface area (Å²) in [5, 5.41) is 10.5. The summed E-state index contributed by atoms with van der Waals surface area (Å²) in [5.41, 5.74) is 1.27. The first kappa shape index (κ1) is 15.5. The summed E-state index contributed by atoms with van der Waals surface area (Å²) in [6.45, 7) is 4.15. The molecular formula is C17H21NO3S. The van der Waals surface area contributed by atoms with Crippen molar-refractivity contribution in [2.75, 3.05) is 26.3 Å². The predicted molar refractivity (Wildman–Crippen MR) is 88.3 cm³/mol. The number of thiophene rings is 1. The number of aliphatic hydroxyl groups excluding tert-OH is 1. The minimum absolute atomic E-state index is 0.0699. The van der Waals surface area contributed by atoms with Crippen LogP contribution in [-0.2, 0) is 16.0 Å². The number of carbonyl (C=O) groups excluding carboxylic acids is 1. The van der Waals surface area contributed by atoms with Gasteiger partial charge in [-0.2, -0.15) is 0 Å². The van der Waals surface area contributed by atoms with Gasteiger partial charge in [0, 0.05) is 22.7 Å². The monoisotopic (exact) mass is 319 g/mol. The number of carbonyl (C=O) groups is 1. The highest BCUT2D eigenvalue weighted by atomic mass is 32.1. The van der Waals surface area contributed by atoms with Crippen LogP contribution in [0, 0.1) is 6.92 Å². The zero-order valence-electron chi connectivity index (χ0n) is 12.7. The van der Waals surface area contributed by atoms with Crippen LogP contribution in [0.5, 0.6) is 0 Å². The summed E-state index contributed by atoms with van der Waals surface area (Å²) in [7, 11) is 0. The molecule has 0 atom stereocenters. The van der Waals surface area contributed by atoms with Crippen LogP contribution in [0.2, 0.25) is 0 Å². The fraction of sp³-hybridized carbons (Fsp3) is 0.471. The lowest BCUT2D eigenvalue weighted by Gasteiger charge is -2.35. The number of β-amino-alcohol motifs (C(OH)–C–C–N with tert-alkyl or cyclic N) is 1. The first-order valence-corrected chi connectivity index (χ1v) is 8.46. The number of aryl methyl sites for hydroxylation is 1. The average molecular weight is 319 g/mol. The molecule has 118 valence electrons. The van der Waals surface area contributed by atoms with Gasteiger partial charge in [0.05, 0.1) is 25.7 Å². The van der Waals surface area contributed by atoms with E-state index in [4.69, 9.17) is 9.84 Å². The van der Waals surface area contributed by atoms with Crippen molar-refractivity contribution in [3.8, 4) is 0 Å². The second kappa shape index (κ2) is 6.77. The van der Waals surface area contributed by atoms with Gasteiger partial charge in [-0.25, -0.2) is 0 Å². The predicted octanol–water partition coefficient (Wildman–Crippen LogP) is 2.36. The molecule has 0 saturated carbocycles. The van der Waals surface area contributed by atoms with Crippen molar-refractivity contribution in [1.29, 1.82) is 0 Å². The third kappa shape index (κ3) is 3.66. The highest BCUT2D eigenvalue weighted by Crippen LogP contribution is 2.25. The molecule has 1 fully saturated rings. The molecule has 2 heterocycles. The Kier molecular flexibility index (Phi) is 4.76. The molecule has 0 unspecified atom stereocenters. The van der Waals surface area contributed by atoms with E-state index in [2.05, 4.69) is 31.2 Å². The highest BCUT2D eigenvalue weighted by Gasteiger charge is 2.27. The Morgan fingerprint density at radius 2 is 2.18 bits per heavy atom. The molecule has 3 rings (SSSR count). The van der Waals surface area contributed by atoms with Gasteiger partial charge in [0.1, 0.15) is 0 Å². The summed E-state index contributed by atoms with van der Waals surface area (Å²) in [5.74, 6) is 0.0699. The second-order valence-corrected chi connectivity index (χ2v) is 7.08. The number of hydrogen-bond donors (Lipinski definition) is 1. The highest BCUT2D eigenvalue weighted by molar-refractivity contribution is 7.19. The van der Waals surface area contributed by atoms with Crippen LogP contribution >= 0.6 is 11.3 Å². The molecule has 0 radical (unpaired) electrons. The van der Waals surface area contributed by atoms with Crippen LogP contribution < -0.4 is 0 Å². The smallest absolute Gasteiger partial charge is 0.225 e. The molecule has 1 amide bonds. The van der Waals surface area contributed by atoms with E-state index in [0.717, 1.165) is 6.42 Å². The summed E-state index contributed by atoms with van der Waals surface area (Å²) >= 11 is 1.82. The lowest BCUT2D eigenvalue weighted by atomic mass is 10.1. The molecule has 5 heteroatoms. The van der Waals surface area contributed by atoms with E-state index in [0.29, 0.717) is 32.7 Å². The van der Waals surface area contributed by atoms with Crippen molar-refractivity contribution in [3.05, 3.63) is 34.7 Å². The SMILES string of the molecule is Cc1cc2cc(CCOCCC(=O)N3CC(O)C3)ccc2s1. The maximum Gasteiger partial charge on any atom is 0.225 e. The largest absolute Gasteiger partial charge is 0.389 e. The van der Waals surface area contributed by atoms with Gasteiger partial charge in [0.2, 0.25) is 5.91 Å². The number of benzene rings is 1. The number of nitrogens with zero attached hydrogens (tertiary/aromatic N) is 1. The van der Waals surface area contributed by atoms with Gasteiger partial charge in [0.15, 0.2) is 0 Å². The van der Waals surface area contributed by atoms with Crippen molar-refractivity contribution in [2.45, 2.75) is 25.9 Å². The molecule has 1 aromatic heterocycles. The molecule has 2 aromatic rings. The first-order chi connectivity index (χ1) is 10.6. The molecule has 22 heavy (non-hydrogen) atoms. The number of amides is 1. The molecule has 4 nitrogen and oxygen atoms in total. The Bertz CT molecular complexity index is 661. The average Bonchev–Trinajstić information content (AvgIpc) is 2.82. The van der Waals surface area contributed by atoms with E-state index in [1.54, 1.807) is 4.90 Å². The molecule has 0 spiro atoms. The molecule has 1 saturated heterocycles. The van der Waals surface area contributed by atoms with Crippen LogP contribution in [0.1, 0.15) is 16.9 Å². The van der Waals surface area contributed by atoms with E-state index in [1.165, 1.54) is 20.5 Å². The van der Waals surface area contributed by atoms with Crippen LogP contribution in [0.4, 0.5) is 0 Å². The van der Waals surface area contributed by atoms with Gasteiger partial charge in [-0.1, -0.05) is 12.1 Å². The van der Waals surface area contributed by atoms with Gasteiger partial charge in [-0.15, -0.1) is 11.3 Å². The Morgan fingerprint density at radius 1 is 1.36 bits per heavy atom. The topological polar surface area (TPSA) is 49.8 Å². The van der Waals surface area contributed by atoms with Crippen LogP contribution in [-0.4, -0.2) is 48.3 Å². The summed E-state index contributed by atoms with van der Waals surface area (Å²) in [6, 6.07) is 8.74. The van der Waals surface area contributed by atoms with E-state index < -0.39 is 0 Å². The zero-order chi connectivity index (χ0) is 15.5. The van der Waals surface area contributed by atoms with E-state index >= 15 is 0 Å². The zero-order valence-corrected chi connectivity index (χ0v) is 13.6. The second-order valence-electron chi connectivity index (χ2n) is 5.79. The lowest BCUT2D eigenvalue weighted by molar-refractivity contribution is -0.142. The number of hydrogen-bond acceptors (Lipinski definition) is 4. The fourth-order valence-electron chi connectivity index (χ4n) is 2.65. The molecule has 1 aliphatic rings. The minimum atomic E-state index is -0.333. The third-order valence-corrected chi connectivity index (χ3v) is 4.95. The van der Waals surface area contributed by atoms with Crippen molar-refractivity contribution in [2.24, 2.45) is 0 Å². The van der Waals surface area contributed by atoms with Crippen LogP contribution in [0.15, 0.2) is 24.3 Å². The number of likely N-dealkylation sites (tertiary alicyclic amines) is 1. The fourth-order valence-corrected chi connectivity index (χ4v) is 3.55. The maximum atomic E-state index is 11.7. The Balaban J connectivity index is 1.38. The van der Waals surface area contributed by atoms with Crippen LogP contribution in [0.3, 0.4) is 0 Å². The Labute approximate surface area is 134 Å². The molecule has 0 aliphatic carbocycles. The van der Waals surface area contributed by atoms with Gasteiger partial charge >= 0.3 is 0 Å². The summed E-state index contributed by atoms with van der Waals surface area (Å²) in [6.07, 6.45) is 0.928. The van der Waals surface area contributed by atoms with Crippen molar-refractivity contribution < 1.29 is 14.6 Å². The van der Waals surface area contributed by atoms with E-state index in [9.17, 15) is 4.79 Å². The third-order valence-electron chi connectivity index (χ3n) is 3.91. The normalized spacial score (nSPS) is 15.3. The standard InChI is InChI=1S/C17H21NO3S/c1-12-8-14-9-13(2-3-16(14)22-12)4-6-21-7-5-17(20)18-10-15(19)11-18/h2-3,8-9,15,19H,4-7,10-11H2,1H3. The van der Waals surface area contributed by atoms with Gasteiger partial charge in [-0.05, 0) is 36.4 Å². The summed E-state index contributed by atoms with van der Waals surface area (Å²) < 4.78 is 6.89. The van der Waals surface area contributed by atoms with Crippen molar-refractivity contribution in [3.63, 3.8) is 0 Å². The Hall–Kier alpha value is -1.43. The number of fused-ring (bicyclic) bond motifs is 1. The lowest BCUT2D eigenvalue weighted by Crippen LogP contribution is -2.53. The molecule has 1 N–H and O–H groups in total. The quantitative estimate of drug-likeness (QED) is 0.832. The Morgan fingerprint density at radius 3 is 2.95 bits per heavy atom. The first-order valence-electron chi connectivity index (χ1n) is 7.64. The molecular weight excluding hydrogens is 298 g/mol. The molecule has 1 aromatic carbocycles. The maximum absolute atomic E-state index is 11.7. The van der Waals surface area contributed by atoms with E-state index in [-0.39, 0.29) is 12.0 Å². The molecule has 1 aliphatic heterocycles. The number of aliphatic hydroxyl groups is 1. The van der Waals surface area contributed by atoms with Crippen molar-refractivity contribution >= 4 is 27.3 Å². The van der Waals surface area contributed by atoms with Crippen LogP contribution in [0.25, 0.3) is 10.1 Å². The summed E-state index contributed by atoms with van der Waals surface area (Å²) in [4.78, 5) is 14.7. The number of ether oxygens (including phenoxy) is 1. The van der Waals surface area contributed by atoms with Gasteiger partial charge in [0.25, 0.3) is 0 Å². The van der Waals surface area contributed by atoms with E-state index in [1.807, 2.05) is 11.3 Å². The van der Waals surface area contributed by atoms with Gasteiger partial charge in [-0.3, -0.25) is 4.79 Å².